The minimum absolute atomic E-state index is 0.00329. The number of aromatic nitrogens is 2. The maximum absolute atomic E-state index is 7.91. The van der Waals surface area contributed by atoms with Crippen LogP contribution in [0.4, 0.5) is 0 Å². The lowest BCUT2D eigenvalue weighted by Crippen LogP contribution is -2.36. The van der Waals surface area contributed by atoms with Gasteiger partial charge in [0.2, 0.25) is 0 Å². The van der Waals surface area contributed by atoms with E-state index in [-0.39, 0.29) is 16.5 Å². The normalized spacial score (nSPS) is 19.3. The van der Waals surface area contributed by atoms with Crippen LogP contribution in [0.2, 0.25) is 0 Å². The summed E-state index contributed by atoms with van der Waals surface area (Å²) in [5, 5.41) is 2.27. The molecule has 2 aromatic heterocycles. The van der Waals surface area contributed by atoms with Crippen molar-refractivity contribution in [3.05, 3.63) is 59.0 Å². The Morgan fingerprint density at radius 1 is 1.07 bits per heavy atom. The molecule has 2 aromatic carbocycles. The van der Waals surface area contributed by atoms with Crippen LogP contribution in [0, 0.1) is 13.8 Å². The molecule has 0 spiro atoms. The fourth-order valence-corrected chi connectivity index (χ4v) is 5.51. The molecule has 4 aromatic rings. The van der Waals surface area contributed by atoms with Gasteiger partial charge in [-0.25, -0.2) is 4.57 Å². The zero-order valence-corrected chi connectivity index (χ0v) is 18.7. The molecule has 0 bridgehead atoms. The van der Waals surface area contributed by atoms with Crippen molar-refractivity contribution >= 4 is 21.9 Å². The van der Waals surface area contributed by atoms with Crippen LogP contribution in [-0.4, -0.2) is 4.98 Å². The van der Waals surface area contributed by atoms with Gasteiger partial charge in [0.15, 0.2) is 5.69 Å². The van der Waals surface area contributed by atoms with E-state index in [4.69, 9.17) is 8.53 Å². The van der Waals surface area contributed by atoms with Gasteiger partial charge in [-0.3, -0.25) is 0 Å². The first kappa shape index (κ1) is 16.1. The Labute approximate surface area is 183 Å². The van der Waals surface area contributed by atoms with Crippen molar-refractivity contribution in [2.45, 2.75) is 65.1 Å². The molecule has 2 heterocycles. The second kappa shape index (κ2) is 6.16. The van der Waals surface area contributed by atoms with Gasteiger partial charge in [-0.05, 0) is 53.4 Å². The third-order valence-corrected chi connectivity index (χ3v) is 7.08. The molecule has 5 rings (SSSR count). The lowest BCUT2D eigenvalue weighted by Gasteiger charge is -2.43. The summed E-state index contributed by atoms with van der Waals surface area (Å²) in [5.41, 5.74) is 7.43. The summed E-state index contributed by atoms with van der Waals surface area (Å²) in [4.78, 5) is 4.20. The molecule has 0 amide bonds. The molecule has 0 unspecified atom stereocenters. The Kier molecular flexibility index (Phi) is 3.30. The molecule has 0 atom stereocenters. The predicted octanol–water partition coefficient (Wildman–Crippen LogP) is 6.44. The Bertz CT molecular complexity index is 1430. The standard InChI is InChI=1S/C27H31N2O/c1-16-14-19(29(7)15-28-16)21-17(2)23-24(27(5,6)13-12-26(23,3)4)22-18-10-8-9-11-20(18)30-25(21)22/h8-11,14-15H,12-13H2,1-7H3/q+1/i1D3. The molecule has 1 aliphatic carbocycles. The molecular weight excluding hydrogens is 368 g/mol. The van der Waals surface area contributed by atoms with Gasteiger partial charge < -0.3 is 4.42 Å². The summed E-state index contributed by atoms with van der Waals surface area (Å²) in [6.45, 7) is 9.21. The summed E-state index contributed by atoms with van der Waals surface area (Å²) in [5.74, 6) is 0. The molecule has 1 aliphatic rings. The first-order chi connectivity index (χ1) is 15.3. The monoisotopic (exact) mass is 402 g/mol. The van der Waals surface area contributed by atoms with E-state index >= 15 is 0 Å². The van der Waals surface area contributed by atoms with Crippen LogP contribution >= 0.6 is 0 Å². The van der Waals surface area contributed by atoms with Gasteiger partial charge in [0.05, 0.1) is 12.6 Å². The summed E-state index contributed by atoms with van der Waals surface area (Å²) in [7, 11) is 1.91. The van der Waals surface area contributed by atoms with E-state index in [9.17, 15) is 0 Å². The number of hydrogen-bond donors (Lipinski definition) is 0. The highest BCUT2D eigenvalue weighted by atomic mass is 16.3. The van der Waals surface area contributed by atoms with Crippen LogP contribution in [0.3, 0.4) is 0 Å². The SMILES string of the molecule is [2H]C([2H])([2H])c1cc(-c2c(C)c3c(c4c2oc2ccccc24)C(C)(C)CCC3(C)C)[n+](C)cn1. The number of hydrogen-bond acceptors (Lipinski definition) is 2. The zero-order valence-electron chi connectivity index (χ0n) is 21.7. The Balaban J connectivity index is 2.03. The van der Waals surface area contributed by atoms with Gasteiger partial charge in [0.1, 0.15) is 16.9 Å². The molecule has 3 nitrogen and oxygen atoms in total. The van der Waals surface area contributed by atoms with E-state index in [1.54, 1.807) is 12.4 Å². The summed E-state index contributed by atoms with van der Waals surface area (Å²) < 4.78 is 32.2. The summed E-state index contributed by atoms with van der Waals surface area (Å²) in [6.07, 6.45) is 3.80. The fraction of sp³-hybridized carbons (Fsp3) is 0.407. The van der Waals surface area contributed by atoms with Crippen molar-refractivity contribution in [3.8, 4) is 11.3 Å². The number of rotatable bonds is 1. The average molecular weight is 403 g/mol. The first-order valence-electron chi connectivity index (χ1n) is 12.2. The van der Waals surface area contributed by atoms with Gasteiger partial charge in [-0.2, -0.15) is 0 Å². The van der Waals surface area contributed by atoms with Gasteiger partial charge in [0.25, 0.3) is 6.33 Å². The van der Waals surface area contributed by atoms with Crippen LogP contribution in [0.25, 0.3) is 33.2 Å². The van der Waals surface area contributed by atoms with Gasteiger partial charge in [-0.15, -0.1) is 0 Å². The molecule has 0 radical (unpaired) electrons. The number of aryl methyl sites for hydroxylation is 2. The molecule has 30 heavy (non-hydrogen) atoms. The first-order valence-corrected chi connectivity index (χ1v) is 10.7. The molecular formula is C27H31N2O+. The molecule has 0 N–H and O–H groups in total. The van der Waals surface area contributed by atoms with E-state index in [0.29, 0.717) is 0 Å². The summed E-state index contributed by atoms with van der Waals surface area (Å²) in [6, 6.07) is 9.91. The molecule has 154 valence electrons. The zero-order chi connectivity index (χ0) is 23.9. The second-order valence-corrected chi connectivity index (χ2v) is 10.1. The van der Waals surface area contributed by atoms with E-state index in [2.05, 4.69) is 51.7 Å². The van der Waals surface area contributed by atoms with Crippen molar-refractivity contribution in [1.82, 2.24) is 4.98 Å². The summed E-state index contributed by atoms with van der Waals surface area (Å²) >= 11 is 0. The fourth-order valence-electron chi connectivity index (χ4n) is 5.51. The largest absolute Gasteiger partial charge is 0.455 e. The van der Waals surface area contributed by atoms with Crippen LogP contribution < -0.4 is 4.57 Å². The molecule has 0 saturated carbocycles. The maximum atomic E-state index is 7.91. The van der Waals surface area contributed by atoms with Gasteiger partial charge >= 0.3 is 0 Å². The van der Waals surface area contributed by atoms with Crippen molar-refractivity contribution in [1.29, 1.82) is 0 Å². The quantitative estimate of drug-likeness (QED) is 0.343. The second-order valence-electron chi connectivity index (χ2n) is 10.1. The van der Waals surface area contributed by atoms with Crippen LogP contribution in [0.5, 0.6) is 0 Å². The predicted molar refractivity (Wildman–Crippen MR) is 123 cm³/mol. The number of nitrogens with zero attached hydrogens (tertiary/aromatic N) is 2. The van der Waals surface area contributed by atoms with Crippen LogP contribution in [0.15, 0.2) is 41.1 Å². The lowest BCUT2D eigenvalue weighted by molar-refractivity contribution is -0.663. The minimum Gasteiger partial charge on any atom is -0.455 e. The third-order valence-electron chi connectivity index (χ3n) is 7.08. The highest BCUT2D eigenvalue weighted by Crippen LogP contribution is 2.54. The molecule has 0 saturated heterocycles. The highest BCUT2D eigenvalue weighted by molar-refractivity contribution is 6.12. The average Bonchev–Trinajstić information content (AvgIpc) is 3.09. The maximum Gasteiger partial charge on any atom is 0.286 e. The molecule has 0 fully saturated rings. The van der Waals surface area contributed by atoms with Crippen LogP contribution in [0.1, 0.15) is 67.0 Å². The molecule has 3 heteroatoms. The number of fused-ring (bicyclic) bond motifs is 5. The Morgan fingerprint density at radius 2 is 1.77 bits per heavy atom. The topological polar surface area (TPSA) is 29.9 Å². The number of benzene rings is 2. The smallest absolute Gasteiger partial charge is 0.286 e. The van der Waals surface area contributed by atoms with Crippen molar-refractivity contribution in [2.75, 3.05) is 0 Å². The molecule has 0 aliphatic heterocycles. The number of furan rings is 1. The van der Waals surface area contributed by atoms with E-state index in [0.717, 1.165) is 51.6 Å². The minimum atomic E-state index is -2.28. The van der Waals surface area contributed by atoms with Gasteiger partial charge in [-0.1, -0.05) is 50.9 Å². The van der Waals surface area contributed by atoms with Crippen LogP contribution in [-0.2, 0) is 17.9 Å². The van der Waals surface area contributed by atoms with E-state index < -0.39 is 6.85 Å². The Morgan fingerprint density at radius 3 is 2.50 bits per heavy atom. The highest BCUT2D eigenvalue weighted by Gasteiger charge is 2.42. The number of para-hydroxylation sites is 1. The van der Waals surface area contributed by atoms with E-state index in [1.165, 1.54) is 11.1 Å². The van der Waals surface area contributed by atoms with Crippen molar-refractivity contribution in [3.63, 3.8) is 0 Å². The van der Waals surface area contributed by atoms with Crippen molar-refractivity contribution < 1.29 is 13.1 Å². The lowest BCUT2D eigenvalue weighted by atomic mass is 9.60. The van der Waals surface area contributed by atoms with Gasteiger partial charge in [0, 0.05) is 27.8 Å². The van der Waals surface area contributed by atoms with E-state index in [1.807, 2.05) is 23.7 Å². The van der Waals surface area contributed by atoms with Crippen molar-refractivity contribution in [2.24, 2.45) is 7.05 Å². The Hall–Kier alpha value is -2.68. The third kappa shape index (κ3) is 2.57.